The third kappa shape index (κ3) is 308. The van der Waals surface area contributed by atoms with Crippen molar-refractivity contribution in [3.8, 4) is 0 Å². The summed E-state index contributed by atoms with van der Waals surface area (Å²) in [6.07, 6.45) is 0. The molecule has 0 rings (SSSR count). The fourth-order valence-electron chi connectivity index (χ4n) is 0. The molecule has 0 unspecified atom stereocenters. The molecule has 36 valence electrons. The van der Waals surface area contributed by atoms with Gasteiger partial charge >= 0.3 is 0 Å². The van der Waals surface area contributed by atoms with Crippen LogP contribution in [0.15, 0.2) is 0 Å². The summed E-state index contributed by atoms with van der Waals surface area (Å²) in [7, 11) is 0. The van der Waals surface area contributed by atoms with E-state index in [-0.39, 0.29) is 6.15 Å². The van der Waals surface area contributed by atoms with Gasteiger partial charge in [-0.15, -0.1) is 0 Å². The van der Waals surface area contributed by atoms with E-state index >= 15 is 0 Å². The molecular formula is H9N3O2. The van der Waals surface area contributed by atoms with Gasteiger partial charge in [-0.3, -0.25) is 0 Å². The zero-order chi connectivity index (χ0) is 4.00. The van der Waals surface area contributed by atoms with Crippen LogP contribution in [0, 0.1) is 0 Å². The van der Waals surface area contributed by atoms with Gasteiger partial charge in [-0.25, -0.2) is 11.8 Å². The van der Waals surface area contributed by atoms with E-state index < -0.39 is 0 Å². The Hall–Kier alpha value is -0.200. The van der Waals surface area contributed by atoms with Gasteiger partial charge in [-0.2, -0.15) is 0 Å². The largest absolute Gasteiger partial charge is 0.344 e. The highest BCUT2D eigenvalue weighted by Gasteiger charge is 0.734. The number of hydrogen-bond donors (Lipinski definition) is 5. The Labute approximate surface area is 29.7 Å². The minimum atomic E-state index is 0. The Morgan fingerprint density at radius 1 is 0.800 bits per heavy atom. The lowest BCUT2D eigenvalue weighted by atomic mass is 13.6. The Balaban J connectivity index is -0.0000000133. The Kier molecular flexibility index (Phi) is 3190. The first kappa shape index (κ1) is 21.4. The molecule has 0 spiro atoms. The summed E-state index contributed by atoms with van der Waals surface area (Å²) in [5.74, 6) is 7.00. The molecule has 9 N–H and O–H groups in total. The van der Waals surface area contributed by atoms with Crippen LogP contribution < -0.4 is 17.9 Å². The zero-order valence-corrected chi connectivity index (χ0v) is 2.76. The van der Waals surface area contributed by atoms with Gasteiger partial charge in [0, 0.05) is 0 Å². The average Bonchev–Trinajstić information content (AvgIpc) is 1.50. The second kappa shape index (κ2) is 745. The Bertz CT molecular complexity index is 4.85. The first-order valence-electron chi connectivity index (χ1n) is 0.516. The quantitative estimate of drug-likeness (QED) is 0.236. The van der Waals surface area contributed by atoms with E-state index in [1.54, 1.807) is 0 Å². The second-order valence-electron chi connectivity index (χ2n) is 0. The average molecular weight is 83.1 g/mol. The molecule has 0 aromatic carbocycles. The molecule has 0 aliphatic heterocycles. The van der Waals surface area contributed by atoms with Crippen molar-refractivity contribution in [3.63, 3.8) is 0 Å². The molecule has 5 nitrogen and oxygen atoms in total. The maximum atomic E-state index is 6.50. The van der Waals surface area contributed by atoms with Crippen LogP contribution in [0.25, 0.3) is 0 Å². The number of nitrogens with two attached hydrogens (primary N) is 2. The van der Waals surface area contributed by atoms with Crippen molar-refractivity contribution in [3.05, 3.63) is 0 Å². The van der Waals surface area contributed by atoms with Crippen LogP contribution in [-0.2, 0) is 0 Å². The minimum Gasteiger partial charge on any atom is -0.344 e. The lowest BCUT2D eigenvalue weighted by Gasteiger charge is -1.27. The molecule has 0 aliphatic rings. The molecule has 0 bridgehead atoms. The fraction of sp³-hybridized carbons (Fsp3) is 0. The van der Waals surface area contributed by atoms with Crippen LogP contribution in [0.4, 0.5) is 0 Å². The summed E-state index contributed by atoms with van der Waals surface area (Å²) >= 11 is 0. The van der Waals surface area contributed by atoms with Crippen molar-refractivity contribution < 1.29 is 10.4 Å². The van der Waals surface area contributed by atoms with Crippen molar-refractivity contribution in [2.24, 2.45) is 11.8 Å². The molecule has 5 heteroatoms. The monoisotopic (exact) mass is 83.1 g/mol. The first-order chi connectivity index (χ1) is 2.00. The topological polar surface area (TPSA) is 128 Å². The molecule has 0 aromatic rings. The molecule has 0 amide bonds. The summed E-state index contributed by atoms with van der Waals surface area (Å²) in [6.45, 7) is 0. The summed E-state index contributed by atoms with van der Waals surface area (Å²) in [4.78, 5) is 0. The van der Waals surface area contributed by atoms with Crippen LogP contribution in [0.1, 0.15) is 0 Å². The van der Waals surface area contributed by atoms with Crippen LogP contribution >= 0.6 is 0 Å². The predicted molar refractivity (Wildman–Crippen MR) is 17.0 cm³/mol. The molecule has 0 heterocycles. The van der Waals surface area contributed by atoms with E-state index in [0.29, 0.717) is 0 Å². The lowest BCUT2D eigenvalue weighted by Crippen LogP contribution is -1.72. The van der Waals surface area contributed by atoms with Crippen molar-refractivity contribution in [1.82, 2.24) is 6.15 Å². The van der Waals surface area contributed by atoms with Gasteiger partial charge in [0.1, 0.15) is 0 Å². The highest BCUT2D eigenvalue weighted by molar-refractivity contribution is 2.78. The third-order valence-corrected chi connectivity index (χ3v) is 0. The standard InChI is InChI=1S/2H3NO.H3N/c2*1-2;/h2*2H,1H2;1H3. The van der Waals surface area contributed by atoms with Crippen LogP contribution in [0.5, 0.6) is 0 Å². The van der Waals surface area contributed by atoms with E-state index in [4.69, 9.17) is 10.4 Å². The van der Waals surface area contributed by atoms with Crippen LogP contribution in [0.3, 0.4) is 0 Å². The van der Waals surface area contributed by atoms with E-state index in [9.17, 15) is 0 Å². The van der Waals surface area contributed by atoms with Crippen molar-refractivity contribution >= 4 is 0 Å². The SMILES string of the molecule is N.NO.NO. The maximum Gasteiger partial charge on any atom is -0.219 e. The molecule has 5 heavy (non-hydrogen) atoms. The minimum absolute atomic E-state index is 0. The van der Waals surface area contributed by atoms with E-state index in [2.05, 4.69) is 11.8 Å². The molecule has 0 fully saturated rings. The van der Waals surface area contributed by atoms with Crippen LogP contribution in [-0.4, -0.2) is 10.4 Å². The summed E-state index contributed by atoms with van der Waals surface area (Å²) in [6, 6.07) is 0. The van der Waals surface area contributed by atoms with Crippen molar-refractivity contribution in [2.75, 3.05) is 0 Å². The van der Waals surface area contributed by atoms with Gasteiger partial charge < -0.3 is 16.6 Å². The molecule has 0 aromatic heterocycles. The maximum absolute atomic E-state index is 6.50. The predicted octanol–water partition coefficient (Wildman–Crippen LogP) is -1.17. The molecule has 0 saturated carbocycles. The van der Waals surface area contributed by atoms with Gasteiger partial charge in [0.05, 0.1) is 0 Å². The number of rotatable bonds is 0. The van der Waals surface area contributed by atoms with E-state index in [0.717, 1.165) is 0 Å². The highest BCUT2D eigenvalue weighted by atomic mass is 16.4. The highest BCUT2D eigenvalue weighted by Crippen LogP contribution is 0.412. The van der Waals surface area contributed by atoms with E-state index in [1.807, 2.05) is 0 Å². The molecule has 0 atom stereocenters. The van der Waals surface area contributed by atoms with Gasteiger partial charge in [0.2, 0.25) is 0 Å². The normalized spacial score (nSPS) is 2.40. The zero-order valence-electron chi connectivity index (χ0n) is 2.76. The smallest absolute Gasteiger partial charge is 0.219 e. The molecular weight excluding hydrogens is 74.0 g/mol. The van der Waals surface area contributed by atoms with Gasteiger partial charge in [-0.1, -0.05) is 0 Å². The van der Waals surface area contributed by atoms with Gasteiger partial charge in [-0.05, 0) is 0 Å². The van der Waals surface area contributed by atoms with E-state index in [1.165, 1.54) is 0 Å². The molecule has 0 radical (unpaired) electrons. The van der Waals surface area contributed by atoms with Crippen LogP contribution in [0.2, 0.25) is 0 Å². The fourth-order valence-corrected chi connectivity index (χ4v) is 0. The van der Waals surface area contributed by atoms with Crippen molar-refractivity contribution in [2.45, 2.75) is 0 Å². The summed E-state index contributed by atoms with van der Waals surface area (Å²) in [5, 5.41) is 13.0. The van der Waals surface area contributed by atoms with Crippen molar-refractivity contribution in [1.29, 1.82) is 0 Å². The Morgan fingerprint density at radius 3 is 0.800 bits per heavy atom. The van der Waals surface area contributed by atoms with Gasteiger partial charge in [0.25, 0.3) is 0 Å². The first-order valence-corrected chi connectivity index (χ1v) is 0.516. The van der Waals surface area contributed by atoms with Gasteiger partial charge in [0.15, 0.2) is 0 Å². The third-order valence-electron chi connectivity index (χ3n) is 0. The summed E-state index contributed by atoms with van der Waals surface area (Å²) in [5.41, 5.74) is 0. The number of hydrogen-bond acceptors (Lipinski definition) is 5. The molecule has 0 saturated heterocycles. The summed E-state index contributed by atoms with van der Waals surface area (Å²) < 4.78 is 0. The lowest BCUT2D eigenvalue weighted by molar-refractivity contribution is 0.311. The molecule has 0 aliphatic carbocycles. The Morgan fingerprint density at radius 2 is 0.800 bits per heavy atom. The second-order valence-corrected chi connectivity index (χ2v) is 0.